The Kier molecular flexibility index (Phi) is 12.4. The summed E-state index contributed by atoms with van der Waals surface area (Å²) >= 11 is 0. The number of pyridine rings is 1. The van der Waals surface area contributed by atoms with Gasteiger partial charge in [-0.1, -0.05) is 42.5 Å². The van der Waals surface area contributed by atoms with Crippen molar-refractivity contribution < 1.29 is 23.8 Å². The van der Waals surface area contributed by atoms with E-state index in [0.29, 0.717) is 31.9 Å². The summed E-state index contributed by atoms with van der Waals surface area (Å²) in [6, 6.07) is 22.7. The minimum atomic E-state index is -0.658. The molecule has 2 N–H and O–H groups in total. The minimum Gasteiger partial charge on any atom is -0.442 e. The number of nitrogens with two attached hydrogens (primary N) is 1. The fourth-order valence-corrected chi connectivity index (χ4v) is 7.24. The normalized spacial score (nSPS) is 18.9. The number of carbonyl (C=O) groups excluding carboxylic acids is 2. The van der Waals surface area contributed by atoms with Crippen LogP contribution in [0.3, 0.4) is 0 Å². The number of likely N-dealkylation sites (tertiary alicyclic amines) is 1. The number of aromatic nitrogens is 2. The highest BCUT2D eigenvalue weighted by atomic mass is 16.7. The molecule has 3 unspecified atom stereocenters. The Morgan fingerprint density at radius 2 is 1.85 bits per heavy atom. The maximum absolute atomic E-state index is 14.0. The lowest BCUT2D eigenvalue weighted by molar-refractivity contribution is -0.163. The number of carbonyl (C=O) groups is 2. The second kappa shape index (κ2) is 17.3. The van der Waals surface area contributed by atoms with Crippen molar-refractivity contribution in [2.75, 3.05) is 32.0 Å². The fraction of sp³-hybridized carbons (Fsp3) is 0.476. The molecule has 10 heteroatoms. The molecule has 2 saturated heterocycles. The molecule has 0 aliphatic carbocycles. The van der Waals surface area contributed by atoms with Gasteiger partial charge in [-0.25, -0.2) is 9.78 Å². The summed E-state index contributed by atoms with van der Waals surface area (Å²) < 4.78 is 19.7. The van der Waals surface area contributed by atoms with Gasteiger partial charge in [-0.15, -0.1) is 0 Å². The number of hydrogen-bond acceptors (Lipinski definition) is 7. The highest BCUT2D eigenvalue weighted by Crippen LogP contribution is 2.33. The summed E-state index contributed by atoms with van der Waals surface area (Å²) in [7, 11) is 0. The van der Waals surface area contributed by atoms with Gasteiger partial charge in [0.25, 0.3) is 0 Å². The number of nitrogen functional groups attached to an aromatic ring is 1. The Morgan fingerprint density at radius 3 is 2.60 bits per heavy atom. The van der Waals surface area contributed by atoms with Crippen molar-refractivity contribution in [3.05, 3.63) is 84.2 Å². The van der Waals surface area contributed by atoms with Crippen molar-refractivity contribution in [1.82, 2.24) is 14.5 Å². The molecule has 0 spiro atoms. The number of benzene rings is 2. The molecule has 276 valence electrons. The average molecular weight is 708 g/mol. The van der Waals surface area contributed by atoms with Gasteiger partial charge in [0.1, 0.15) is 11.4 Å². The molecule has 3 atom stereocenters. The first-order chi connectivity index (χ1) is 25.1. The average Bonchev–Trinajstić information content (AvgIpc) is 3.51. The molecule has 2 aliphatic rings. The van der Waals surface area contributed by atoms with E-state index in [1.807, 2.05) is 56.0 Å². The minimum absolute atomic E-state index is 0.0680. The quantitative estimate of drug-likeness (QED) is 0.116. The predicted molar refractivity (Wildman–Crippen MR) is 205 cm³/mol. The first kappa shape index (κ1) is 37.2. The lowest BCUT2D eigenvalue weighted by atomic mass is 9.92. The van der Waals surface area contributed by atoms with Crippen LogP contribution >= 0.6 is 0 Å². The van der Waals surface area contributed by atoms with E-state index in [4.69, 9.17) is 19.9 Å². The van der Waals surface area contributed by atoms with Crippen molar-refractivity contribution in [2.45, 2.75) is 96.5 Å². The molecule has 0 radical (unpaired) electrons. The zero-order valence-electron chi connectivity index (χ0n) is 30.8. The van der Waals surface area contributed by atoms with Crippen LogP contribution in [0.25, 0.3) is 22.0 Å². The van der Waals surface area contributed by atoms with E-state index in [9.17, 15) is 9.59 Å². The second-order valence-electron chi connectivity index (χ2n) is 15.1. The third-order valence-electron chi connectivity index (χ3n) is 9.80. The summed E-state index contributed by atoms with van der Waals surface area (Å²) in [5.74, 6) is 0.477. The van der Waals surface area contributed by atoms with E-state index in [2.05, 4.69) is 44.9 Å². The number of anilines is 1. The number of aryl methyl sites for hydroxylation is 1. The standard InChI is InChI=1S/C42H53N5O5/c1-42(2,3)52-41(49)45-27-31(24-30-14-16-32(17-15-30)34-18-19-38(43)44-28-34)25-39(48)46-20-8-11-35(29-46)37-26-33-10-4-5-12-36(33)47(37)21-9-23-51-40-13-6-7-22-50-40/h4-5,10,12,14-19,26-28,31,35,40H,6-9,11,13,20-25,29H2,1-3H3,(H2,43,44). The number of piperidine rings is 1. The zero-order valence-corrected chi connectivity index (χ0v) is 30.8. The van der Waals surface area contributed by atoms with Crippen LogP contribution in [0.2, 0.25) is 0 Å². The number of amides is 2. The molecular formula is C42H53N5O5. The van der Waals surface area contributed by atoms with E-state index >= 15 is 0 Å². The number of aliphatic imine (C=N–C) groups is 1. The topological polar surface area (TPSA) is 121 Å². The SMILES string of the molecule is CC(C)(C)OC(=O)N=CC(CC(=O)N1CCCC(c2cc3ccccc3n2CCCOC2CCCCO2)C1)Cc1ccc(-c2ccc(N)nc2)cc1. The predicted octanol–water partition coefficient (Wildman–Crippen LogP) is 8.18. The highest BCUT2D eigenvalue weighted by Gasteiger charge is 2.29. The maximum Gasteiger partial charge on any atom is 0.433 e. The molecule has 2 amide bonds. The summed E-state index contributed by atoms with van der Waals surface area (Å²) in [4.78, 5) is 36.9. The number of rotatable bonds is 12. The molecule has 2 aliphatic heterocycles. The van der Waals surface area contributed by atoms with Crippen molar-refractivity contribution in [2.24, 2.45) is 10.9 Å². The van der Waals surface area contributed by atoms with E-state index in [-0.39, 0.29) is 30.5 Å². The number of hydrogen-bond donors (Lipinski definition) is 1. The smallest absolute Gasteiger partial charge is 0.433 e. The summed E-state index contributed by atoms with van der Waals surface area (Å²) in [6.45, 7) is 9.08. The molecule has 4 aromatic rings. The number of fused-ring (bicyclic) bond motifs is 1. The van der Waals surface area contributed by atoms with Crippen LogP contribution in [0.4, 0.5) is 10.6 Å². The van der Waals surface area contributed by atoms with Gasteiger partial charge < -0.3 is 29.4 Å². The zero-order chi connectivity index (χ0) is 36.5. The van der Waals surface area contributed by atoms with Crippen LogP contribution < -0.4 is 5.73 Å². The van der Waals surface area contributed by atoms with Crippen LogP contribution in [-0.4, -0.2) is 70.9 Å². The molecule has 10 nitrogen and oxygen atoms in total. The first-order valence-corrected chi connectivity index (χ1v) is 18.8. The monoisotopic (exact) mass is 707 g/mol. The van der Waals surface area contributed by atoms with Gasteiger partial charge in [-0.05, 0) is 106 Å². The van der Waals surface area contributed by atoms with E-state index < -0.39 is 11.7 Å². The molecule has 2 fully saturated rings. The lowest BCUT2D eigenvalue weighted by Crippen LogP contribution is -2.40. The van der Waals surface area contributed by atoms with Crippen molar-refractivity contribution in [3.8, 4) is 11.1 Å². The highest BCUT2D eigenvalue weighted by molar-refractivity contribution is 5.85. The van der Waals surface area contributed by atoms with Crippen LogP contribution in [0, 0.1) is 5.92 Å². The molecule has 0 saturated carbocycles. The van der Waals surface area contributed by atoms with Crippen LogP contribution in [0.1, 0.15) is 82.9 Å². The third-order valence-corrected chi connectivity index (χ3v) is 9.80. The van der Waals surface area contributed by atoms with Gasteiger partial charge in [-0.3, -0.25) is 4.79 Å². The largest absolute Gasteiger partial charge is 0.442 e. The Hall–Kier alpha value is -4.54. The fourth-order valence-electron chi connectivity index (χ4n) is 7.24. The lowest BCUT2D eigenvalue weighted by Gasteiger charge is -2.34. The molecular weight excluding hydrogens is 654 g/mol. The third kappa shape index (κ3) is 10.3. The van der Waals surface area contributed by atoms with Gasteiger partial charge in [0.2, 0.25) is 5.91 Å². The molecule has 4 heterocycles. The summed E-state index contributed by atoms with van der Waals surface area (Å²) in [6.07, 6.45) is 9.48. The number of nitrogens with zero attached hydrogens (tertiary/aromatic N) is 4. The first-order valence-electron chi connectivity index (χ1n) is 18.8. The van der Waals surface area contributed by atoms with E-state index in [0.717, 1.165) is 68.4 Å². The van der Waals surface area contributed by atoms with Gasteiger partial charge in [-0.2, -0.15) is 4.99 Å². The van der Waals surface area contributed by atoms with Gasteiger partial charge in [0.05, 0.1) is 6.61 Å². The van der Waals surface area contributed by atoms with E-state index in [1.165, 1.54) is 16.6 Å². The molecule has 52 heavy (non-hydrogen) atoms. The van der Waals surface area contributed by atoms with Crippen molar-refractivity contribution in [1.29, 1.82) is 0 Å². The van der Waals surface area contributed by atoms with Crippen LogP contribution in [0.15, 0.2) is 77.9 Å². The van der Waals surface area contributed by atoms with E-state index in [1.54, 1.807) is 18.5 Å². The van der Waals surface area contributed by atoms with Crippen LogP contribution in [-0.2, 0) is 32.0 Å². The van der Waals surface area contributed by atoms with Gasteiger partial charge in [0.15, 0.2) is 6.29 Å². The Labute approximate surface area is 307 Å². The second-order valence-corrected chi connectivity index (χ2v) is 15.1. The van der Waals surface area contributed by atoms with Gasteiger partial charge >= 0.3 is 6.09 Å². The van der Waals surface area contributed by atoms with Crippen LogP contribution in [0.5, 0.6) is 0 Å². The summed E-state index contributed by atoms with van der Waals surface area (Å²) in [5.41, 5.74) is 10.6. The molecule has 6 rings (SSSR count). The molecule has 0 bridgehead atoms. The summed E-state index contributed by atoms with van der Waals surface area (Å²) in [5, 5.41) is 1.22. The number of ether oxygens (including phenoxy) is 3. The van der Waals surface area contributed by atoms with Crippen molar-refractivity contribution >= 4 is 34.9 Å². The van der Waals surface area contributed by atoms with Crippen molar-refractivity contribution in [3.63, 3.8) is 0 Å². The molecule has 2 aromatic carbocycles. The van der Waals surface area contributed by atoms with Gasteiger partial charge in [0, 0.05) is 73.7 Å². The Bertz CT molecular complexity index is 1810. The number of para-hydroxylation sites is 1. The maximum atomic E-state index is 14.0. The molecule has 2 aromatic heterocycles. The Morgan fingerprint density at radius 1 is 1.04 bits per heavy atom. The Balaban J connectivity index is 1.14.